The van der Waals surface area contributed by atoms with Gasteiger partial charge in [-0.1, -0.05) is 52.7 Å². The molecule has 0 aliphatic rings. The number of hydrogen-bond acceptors (Lipinski definition) is 1. The zero-order valence-electron chi connectivity index (χ0n) is 11.2. The fourth-order valence-electron chi connectivity index (χ4n) is 2.12. The normalized spacial score (nSPS) is 12.4. The number of halogens is 3. The molecule has 0 amide bonds. The van der Waals surface area contributed by atoms with Gasteiger partial charge in [-0.15, -0.1) is 0 Å². The molecule has 0 aliphatic carbocycles. The van der Waals surface area contributed by atoms with E-state index >= 15 is 0 Å². The molecule has 0 spiro atoms. The van der Waals surface area contributed by atoms with Crippen LogP contribution in [0.1, 0.15) is 30.5 Å². The van der Waals surface area contributed by atoms with Gasteiger partial charge in [0.2, 0.25) is 0 Å². The Hall–Kier alpha value is -0.900. The van der Waals surface area contributed by atoms with Crippen molar-refractivity contribution in [3.63, 3.8) is 0 Å². The van der Waals surface area contributed by atoms with Crippen LogP contribution in [0, 0.1) is 5.82 Å². The highest BCUT2D eigenvalue weighted by Crippen LogP contribution is 2.32. The first-order chi connectivity index (χ1) is 9.63. The smallest absolute Gasteiger partial charge is 0.123 e. The quantitative estimate of drug-likeness (QED) is 0.763. The van der Waals surface area contributed by atoms with Gasteiger partial charge in [-0.3, -0.25) is 0 Å². The lowest BCUT2D eigenvalue weighted by molar-refractivity contribution is 0.584. The van der Waals surface area contributed by atoms with Gasteiger partial charge in [-0.2, -0.15) is 0 Å². The molecular formula is C16H16BrClFN. The maximum absolute atomic E-state index is 13.5. The summed E-state index contributed by atoms with van der Waals surface area (Å²) in [6.45, 7) is 2.93. The van der Waals surface area contributed by atoms with E-state index in [0.717, 1.165) is 28.6 Å². The molecule has 0 radical (unpaired) electrons. The van der Waals surface area contributed by atoms with Crippen LogP contribution in [-0.2, 0) is 0 Å². The molecule has 1 N–H and O–H groups in total. The average Bonchev–Trinajstić information content (AvgIpc) is 2.44. The van der Waals surface area contributed by atoms with E-state index in [1.165, 1.54) is 12.1 Å². The molecule has 0 heterocycles. The van der Waals surface area contributed by atoms with E-state index in [1.54, 1.807) is 6.07 Å². The molecule has 1 atom stereocenters. The van der Waals surface area contributed by atoms with Crippen molar-refractivity contribution in [1.82, 2.24) is 5.32 Å². The van der Waals surface area contributed by atoms with Crippen molar-refractivity contribution in [1.29, 1.82) is 0 Å². The maximum atomic E-state index is 13.5. The second kappa shape index (κ2) is 7.21. The first kappa shape index (κ1) is 15.5. The summed E-state index contributed by atoms with van der Waals surface area (Å²) >= 11 is 9.80. The molecule has 2 aromatic carbocycles. The van der Waals surface area contributed by atoms with Crippen LogP contribution in [0.2, 0.25) is 5.02 Å². The van der Waals surface area contributed by atoms with E-state index in [9.17, 15) is 4.39 Å². The summed E-state index contributed by atoms with van der Waals surface area (Å²) in [6, 6.07) is 12.3. The minimum Gasteiger partial charge on any atom is -0.306 e. The lowest BCUT2D eigenvalue weighted by Crippen LogP contribution is -2.24. The Morgan fingerprint density at radius 1 is 1.20 bits per heavy atom. The van der Waals surface area contributed by atoms with Crippen LogP contribution < -0.4 is 5.32 Å². The third kappa shape index (κ3) is 3.60. The summed E-state index contributed by atoms with van der Waals surface area (Å²) in [5.41, 5.74) is 1.81. The third-order valence-corrected chi connectivity index (χ3v) is 4.15. The lowest BCUT2D eigenvalue weighted by atomic mass is 9.98. The Bertz CT molecular complexity index is 588. The van der Waals surface area contributed by atoms with Crippen LogP contribution >= 0.6 is 27.5 Å². The molecule has 20 heavy (non-hydrogen) atoms. The van der Waals surface area contributed by atoms with Crippen LogP contribution in [0.3, 0.4) is 0 Å². The van der Waals surface area contributed by atoms with Crippen LogP contribution in [-0.4, -0.2) is 6.54 Å². The molecule has 0 bridgehead atoms. The van der Waals surface area contributed by atoms with Crippen molar-refractivity contribution in [3.8, 4) is 0 Å². The fraction of sp³-hybridized carbons (Fsp3) is 0.250. The molecule has 0 saturated heterocycles. The Morgan fingerprint density at radius 2 is 1.95 bits per heavy atom. The summed E-state index contributed by atoms with van der Waals surface area (Å²) in [6.07, 6.45) is 0.994. The van der Waals surface area contributed by atoms with Crippen LogP contribution in [0.4, 0.5) is 4.39 Å². The van der Waals surface area contributed by atoms with Crippen molar-refractivity contribution < 1.29 is 4.39 Å². The van der Waals surface area contributed by atoms with Gasteiger partial charge in [-0.25, -0.2) is 4.39 Å². The Morgan fingerprint density at radius 3 is 2.65 bits per heavy atom. The summed E-state index contributed by atoms with van der Waals surface area (Å²) in [5.74, 6) is -0.278. The van der Waals surface area contributed by atoms with E-state index in [4.69, 9.17) is 11.6 Å². The van der Waals surface area contributed by atoms with Crippen LogP contribution in [0.5, 0.6) is 0 Å². The molecule has 0 fully saturated rings. The molecule has 1 nitrogen and oxygen atoms in total. The zero-order valence-corrected chi connectivity index (χ0v) is 13.5. The molecule has 0 aliphatic heterocycles. The Balaban J connectivity index is 2.47. The molecule has 2 aromatic rings. The number of nitrogens with one attached hydrogen (secondary N) is 1. The molecule has 106 valence electrons. The van der Waals surface area contributed by atoms with E-state index in [-0.39, 0.29) is 11.9 Å². The molecule has 0 aromatic heterocycles. The van der Waals surface area contributed by atoms with Gasteiger partial charge in [0.25, 0.3) is 0 Å². The Labute approximate surface area is 132 Å². The first-order valence-corrected chi connectivity index (χ1v) is 7.73. The Kier molecular flexibility index (Phi) is 5.58. The van der Waals surface area contributed by atoms with Crippen LogP contribution in [0.15, 0.2) is 46.9 Å². The topological polar surface area (TPSA) is 12.0 Å². The van der Waals surface area contributed by atoms with Crippen LogP contribution in [0.25, 0.3) is 0 Å². The maximum Gasteiger partial charge on any atom is 0.123 e. The van der Waals surface area contributed by atoms with Crippen molar-refractivity contribution in [2.24, 2.45) is 0 Å². The number of hydrogen-bond donors (Lipinski definition) is 1. The molecule has 4 heteroatoms. The zero-order chi connectivity index (χ0) is 14.5. The van der Waals surface area contributed by atoms with E-state index in [1.807, 2.05) is 24.3 Å². The molecule has 1 unspecified atom stereocenters. The highest BCUT2D eigenvalue weighted by atomic mass is 79.9. The summed E-state index contributed by atoms with van der Waals surface area (Å²) < 4.78 is 14.5. The molecule has 2 rings (SSSR count). The van der Waals surface area contributed by atoms with E-state index < -0.39 is 0 Å². The lowest BCUT2D eigenvalue weighted by Gasteiger charge is -2.22. The van der Waals surface area contributed by atoms with Crippen molar-refractivity contribution in [3.05, 3.63) is 68.9 Å². The SMILES string of the molecule is CCCNC(c1cc(F)ccc1Cl)c1ccccc1Br. The van der Waals surface area contributed by atoms with Crippen molar-refractivity contribution in [2.75, 3.05) is 6.54 Å². The van der Waals surface area contributed by atoms with E-state index in [0.29, 0.717) is 5.02 Å². The van der Waals surface area contributed by atoms with Crippen molar-refractivity contribution in [2.45, 2.75) is 19.4 Å². The summed E-state index contributed by atoms with van der Waals surface area (Å²) in [7, 11) is 0. The average molecular weight is 357 g/mol. The number of benzene rings is 2. The van der Waals surface area contributed by atoms with Gasteiger partial charge < -0.3 is 5.32 Å². The van der Waals surface area contributed by atoms with Gasteiger partial charge in [0.1, 0.15) is 5.82 Å². The predicted molar refractivity (Wildman–Crippen MR) is 85.7 cm³/mol. The highest BCUT2D eigenvalue weighted by Gasteiger charge is 2.19. The monoisotopic (exact) mass is 355 g/mol. The number of rotatable bonds is 5. The largest absolute Gasteiger partial charge is 0.306 e. The first-order valence-electron chi connectivity index (χ1n) is 6.56. The molecular weight excluding hydrogens is 341 g/mol. The second-order valence-corrected chi connectivity index (χ2v) is 5.84. The van der Waals surface area contributed by atoms with Gasteiger partial charge >= 0.3 is 0 Å². The second-order valence-electron chi connectivity index (χ2n) is 4.57. The highest BCUT2D eigenvalue weighted by molar-refractivity contribution is 9.10. The standard InChI is InChI=1S/C16H16BrClFN/c1-2-9-20-16(12-5-3-4-6-14(12)17)13-10-11(19)7-8-15(13)18/h3-8,10,16,20H,2,9H2,1H3. The van der Waals surface area contributed by atoms with E-state index in [2.05, 4.69) is 28.2 Å². The van der Waals surface area contributed by atoms with Gasteiger partial charge in [0.15, 0.2) is 0 Å². The van der Waals surface area contributed by atoms with Crippen molar-refractivity contribution >= 4 is 27.5 Å². The molecule has 0 saturated carbocycles. The predicted octanol–water partition coefficient (Wildman–Crippen LogP) is 5.33. The van der Waals surface area contributed by atoms with Gasteiger partial charge in [0.05, 0.1) is 6.04 Å². The summed E-state index contributed by atoms with van der Waals surface area (Å²) in [5, 5.41) is 4.00. The van der Waals surface area contributed by atoms with Gasteiger partial charge in [-0.05, 0) is 48.4 Å². The fourth-order valence-corrected chi connectivity index (χ4v) is 2.86. The minimum atomic E-state index is -0.278. The van der Waals surface area contributed by atoms with Gasteiger partial charge in [0, 0.05) is 9.50 Å². The third-order valence-electron chi connectivity index (χ3n) is 3.08. The minimum absolute atomic E-state index is 0.131. The summed E-state index contributed by atoms with van der Waals surface area (Å²) in [4.78, 5) is 0.